The second kappa shape index (κ2) is 11.8. The summed E-state index contributed by atoms with van der Waals surface area (Å²) in [5.41, 5.74) is 3.47. The van der Waals surface area contributed by atoms with Crippen LogP contribution in [0.1, 0.15) is 26.3 Å². The van der Waals surface area contributed by atoms with E-state index in [0.717, 1.165) is 10.8 Å². The van der Waals surface area contributed by atoms with Gasteiger partial charge in [0.15, 0.2) is 0 Å². The van der Waals surface area contributed by atoms with Crippen LogP contribution in [0, 0.1) is 0 Å². The molecular formula is C28H22ClN3O5. The SMILES string of the molecule is COc1ccc(C(=O)NCC(=O)N/N=C\c2c(OC(=O)c3ccccc3Cl)ccc3ccccc23)cc1. The van der Waals surface area contributed by atoms with Gasteiger partial charge in [-0.3, -0.25) is 9.59 Å². The zero-order chi connectivity index (χ0) is 26.2. The maximum Gasteiger partial charge on any atom is 0.345 e. The molecule has 37 heavy (non-hydrogen) atoms. The Bertz CT molecular complexity index is 1490. The van der Waals surface area contributed by atoms with E-state index in [1.165, 1.54) is 13.3 Å². The number of ether oxygens (including phenoxy) is 2. The van der Waals surface area contributed by atoms with Gasteiger partial charge >= 0.3 is 5.97 Å². The standard InChI is InChI=1S/C28H22ClN3O5/c1-36-20-13-10-19(11-14-20)27(34)30-17-26(33)32-31-16-23-21-7-3-2-6-18(21)12-15-25(23)37-28(35)22-8-4-5-9-24(22)29/h2-16H,17H2,1H3,(H,30,34)(H,32,33)/b31-16-. The Kier molecular flexibility index (Phi) is 8.12. The lowest BCUT2D eigenvalue weighted by Gasteiger charge is -2.11. The van der Waals surface area contributed by atoms with Crippen LogP contribution in [0.25, 0.3) is 10.8 Å². The van der Waals surface area contributed by atoms with Gasteiger partial charge in [0.25, 0.3) is 11.8 Å². The maximum absolute atomic E-state index is 12.7. The minimum Gasteiger partial charge on any atom is -0.497 e. The van der Waals surface area contributed by atoms with Crippen LogP contribution in [-0.4, -0.2) is 37.7 Å². The molecule has 0 atom stereocenters. The molecule has 0 spiro atoms. The van der Waals surface area contributed by atoms with Crippen LogP contribution < -0.4 is 20.2 Å². The quantitative estimate of drug-likeness (QED) is 0.154. The summed E-state index contributed by atoms with van der Waals surface area (Å²) in [6.07, 6.45) is 1.39. The molecule has 2 amide bonds. The van der Waals surface area contributed by atoms with Gasteiger partial charge in [-0.05, 0) is 53.2 Å². The number of hydrogen-bond acceptors (Lipinski definition) is 6. The fraction of sp³-hybridized carbons (Fsp3) is 0.0714. The first-order valence-corrected chi connectivity index (χ1v) is 11.6. The van der Waals surface area contributed by atoms with E-state index in [0.29, 0.717) is 16.9 Å². The van der Waals surface area contributed by atoms with Crippen molar-refractivity contribution in [1.82, 2.24) is 10.7 Å². The molecule has 0 aliphatic heterocycles. The van der Waals surface area contributed by atoms with E-state index in [2.05, 4.69) is 15.8 Å². The highest BCUT2D eigenvalue weighted by Gasteiger charge is 2.16. The van der Waals surface area contributed by atoms with Crippen LogP contribution in [0.3, 0.4) is 0 Å². The van der Waals surface area contributed by atoms with Gasteiger partial charge in [0.1, 0.15) is 11.5 Å². The van der Waals surface area contributed by atoms with Gasteiger partial charge in [-0.15, -0.1) is 0 Å². The van der Waals surface area contributed by atoms with Gasteiger partial charge in [-0.25, -0.2) is 10.2 Å². The molecule has 2 N–H and O–H groups in total. The van der Waals surface area contributed by atoms with Gasteiger partial charge in [0.2, 0.25) is 0 Å². The summed E-state index contributed by atoms with van der Waals surface area (Å²) in [6.45, 7) is -0.286. The smallest absolute Gasteiger partial charge is 0.345 e. The number of amides is 2. The molecule has 0 bridgehead atoms. The molecule has 8 nitrogen and oxygen atoms in total. The number of carbonyl (C=O) groups is 3. The molecule has 0 unspecified atom stereocenters. The third-order valence-electron chi connectivity index (χ3n) is 5.37. The molecule has 0 aliphatic rings. The number of benzene rings is 4. The largest absolute Gasteiger partial charge is 0.497 e. The maximum atomic E-state index is 12.7. The molecule has 0 saturated heterocycles. The Morgan fingerprint density at radius 1 is 0.919 bits per heavy atom. The van der Waals surface area contributed by atoms with E-state index in [4.69, 9.17) is 21.1 Å². The highest BCUT2D eigenvalue weighted by Crippen LogP contribution is 2.28. The van der Waals surface area contributed by atoms with Crippen LogP contribution in [0.4, 0.5) is 0 Å². The van der Waals surface area contributed by atoms with Crippen molar-refractivity contribution in [1.29, 1.82) is 0 Å². The Hall–Kier alpha value is -4.69. The number of nitrogens with one attached hydrogen (secondary N) is 2. The molecule has 0 heterocycles. The summed E-state index contributed by atoms with van der Waals surface area (Å²) in [5, 5.41) is 8.46. The third-order valence-corrected chi connectivity index (χ3v) is 5.70. The molecule has 9 heteroatoms. The van der Waals surface area contributed by atoms with Gasteiger partial charge in [0, 0.05) is 11.1 Å². The zero-order valence-corrected chi connectivity index (χ0v) is 20.5. The molecule has 0 saturated carbocycles. The summed E-state index contributed by atoms with van der Waals surface area (Å²) in [5.74, 6) is -0.707. The first-order valence-electron chi connectivity index (χ1n) is 11.2. The fourth-order valence-corrected chi connectivity index (χ4v) is 3.71. The van der Waals surface area contributed by atoms with Crippen molar-refractivity contribution in [3.63, 3.8) is 0 Å². The van der Waals surface area contributed by atoms with Crippen LogP contribution in [0.15, 0.2) is 90.0 Å². The van der Waals surface area contributed by atoms with Crippen molar-refractivity contribution >= 4 is 46.4 Å². The summed E-state index contributed by atoms with van der Waals surface area (Å²) in [4.78, 5) is 37.2. The summed E-state index contributed by atoms with van der Waals surface area (Å²) in [7, 11) is 1.53. The highest BCUT2D eigenvalue weighted by molar-refractivity contribution is 6.33. The van der Waals surface area contributed by atoms with Crippen LogP contribution >= 0.6 is 11.6 Å². The topological polar surface area (TPSA) is 106 Å². The molecule has 0 fully saturated rings. The van der Waals surface area contributed by atoms with Gasteiger partial charge < -0.3 is 14.8 Å². The minimum absolute atomic E-state index is 0.223. The van der Waals surface area contributed by atoms with E-state index < -0.39 is 17.8 Å². The molecule has 0 aliphatic carbocycles. The summed E-state index contributed by atoms with van der Waals surface area (Å²) < 4.78 is 10.7. The van der Waals surface area contributed by atoms with E-state index in [-0.39, 0.29) is 22.9 Å². The third kappa shape index (κ3) is 6.31. The number of fused-ring (bicyclic) bond motifs is 1. The molecule has 186 valence electrons. The number of hydrazone groups is 1. The molecule has 0 radical (unpaired) electrons. The van der Waals surface area contributed by atoms with Crippen molar-refractivity contribution in [2.24, 2.45) is 5.10 Å². The average molecular weight is 516 g/mol. The first-order chi connectivity index (χ1) is 18.0. The Morgan fingerprint density at radius 3 is 2.41 bits per heavy atom. The number of hydrogen-bond donors (Lipinski definition) is 2. The number of esters is 1. The van der Waals surface area contributed by atoms with Crippen LogP contribution in [0.2, 0.25) is 5.02 Å². The Morgan fingerprint density at radius 2 is 1.65 bits per heavy atom. The number of carbonyl (C=O) groups excluding carboxylic acids is 3. The van der Waals surface area contributed by atoms with Crippen molar-refractivity contribution in [2.45, 2.75) is 0 Å². The number of rotatable bonds is 8. The van der Waals surface area contributed by atoms with Gasteiger partial charge in [-0.2, -0.15) is 5.10 Å². The van der Waals surface area contributed by atoms with Crippen molar-refractivity contribution in [3.05, 3.63) is 107 Å². The predicted molar refractivity (Wildman–Crippen MR) is 141 cm³/mol. The van der Waals surface area contributed by atoms with Crippen LogP contribution in [0.5, 0.6) is 11.5 Å². The lowest BCUT2D eigenvalue weighted by molar-refractivity contribution is -0.120. The lowest BCUT2D eigenvalue weighted by Crippen LogP contribution is -2.34. The van der Waals surface area contributed by atoms with Gasteiger partial charge in [0.05, 0.1) is 30.5 Å². The monoisotopic (exact) mass is 515 g/mol. The number of methoxy groups -OCH3 is 1. The molecule has 0 aromatic heterocycles. The predicted octanol–water partition coefficient (Wildman–Crippen LogP) is 4.60. The number of halogens is 1. The van der Waals surface area contributed by atoms with Crippen LogP contribution in [-0.2, 0) is 4.79 Å². The Balaban J connectivity index is 1.46. The van der Waals surface area contributed by atoms with E-state index >= 15 is 0 Å². The fourth-order valence-electron chi connectivity index (χ4n) is 3.49. The van der Waals surface area contributed by atoms with Crippen molar-refractivity contribution < 1.29 is 23.9 Å². The summed E-state index contributed by atoms with van der Waals surface area (Å²) >= 11 is 6.13. The summed E-state index contributed by atoms with van der Waals surface area (Å²) in [6, 6.07) is 24.0. The minimum atomic E-state index is -0.624. The van der Waals surface area contributed by atoms with Gasteiger partial charge in [-0.1, -0.05) is 54.1 Å². The molecular weight excluding hydrogens is 494 g/mol. The molecule has 4 aromatic carbocycles. The normalized spacial score (nSPS) is 10.8. The van der Waals surface area contributed by atoms with E-state index in [9.17, 15) is 14.4 Å². The van der Waals surface area contributed by atoms with Crippen molar-refractivity contribution in [3.8, 4) is 11.5 Å². The van der Waals surface area contributed by atoms with E-state index in [1.54, 1.807) is 54.6 Å². The molecule has 4 rings (SSSR count). The Labute approximate surface area is 217 Å². The first kappa shape index (κ1) is 25.4. The average Bonchev–Trinajstić information content (AvgIpc) is 2.93. The van der Waals surface area contributed by atoms with Crippen molar-refractivity contribution in [2.75, 3.05) is 13.7 Å². The van der Waals surface area contributed by atoms with E-state index in [1.807, 2.05) is 30.3 Å². The zero-order valence-electron chi connectivity index (χ0n) is 19.7. The second-order valence-electron chi connectivity index (χ2n) is 7.77. The second-order valence-corrected chi connectivity index (χ2v) is 8.18. The highest BCUT2D eigenvalue weighted by atomic mass is 35.5. The lowest BCUT2D eigenvalue weighted by atomic mass is 10.0. The number of nitrogens with zero attached hydrogens (tertiary/aromatic N) is 1. The molecule has 4 aromatic rings.